The molecule has 3 aromatic rings. The first kappa shape index (κ1) is 22.0. The Hall–Kier alpha value is -3.18. The summed E-state index contributed by atoms with van der Waals surface area (Å²) >= 11 is 0. The van der Waals surface area contributed by atoms with Crippen molar-refractivity contribution in [3.05, 3.63) is 101 Å². The number of carbonyl (C=O) groups excluding carboxylic acids is 1. The van der Waals surface area contributed by atoms with Gasteiger partial charge in [-0.15, -0.1) is 0 Å². The molecule has 3 aromatic carbocycles. The van der Waals surface area contributed by atoms with E-state index < -0.39 is 0 Å². The van der Waals surface area contributed by atoms with Crippen molar-refractivity contribution in [2.45, 2.75) is 19.4 Å². The molecule has 0 radical (unpaired) electrons. The summed E-state index contributed by atoms with van der Waals surface area (Å²) in [7, 11) is 0. The molecule has 0 aliphatic carbocycles. The highest BCUT2D eigenvalue weighted by Gasteiger charge is 2.20. The molecule has 32 heavy (non-hydrogen) atoms. The normalized spacial score (nSPS) is 15.4. The summed E-state index contributed by atoms with van der Waals surface area (Å²) in [4.78, 5) is 17.7. The van der Waals surface area contributed by atoms with E-state index in [1.165, 1.54) is 35.5 Å². The lowest BCUT2D eigenvalue weighted by atomic mass is 10.0. The molecule has 1 N–H and O–H groups in total. The van der Waals surface area contributed by atoms with Crippen molar-refractivity contribution in [1.82, 2.24) is 10.2 Å². The number of carbonyl (C=O) groups is 1. The smallest absolute Gasteiger partial charge is 0.251 e. The maximum absolute atomic E-state index is 13.2. The number of nitrogens with zero attached hydrogens (tertiary/aromatic N) is 2. The van der Waals surface area contributed by atoms with Crippen LogP contribution >= 0.6 is 0 Å². The molecular weight excluding hydrogens is 401 g/mol. The lowest BCUT2D eigenvalue weighted by Crippen LogP contribution is -2.47. The van der Waals surface area contributed by atoms with Crippen LogP contribution in [0.5, 0.6) is 0 Å². The molecule has 0 saturated carbocycles. The SMILES string of the molecule is Cc1ccc(N2CCN(CCC(NC(=O)c3ccc(F)cc3)c3ccccc3)CC2)cc1. The van der Waals surface area contributed by atoms with E-state index in [1.54, 1.807) is 0 Å². The van der Waals surface area contributed by atoms with E-state index in [0.29, 0.717) is 5.56 Å². The van der Waals surface area contributed by atoms with E-state index in [9.17, 15) is 9.18 Å². The summed E-state index contributed by atoms with van der Waals surface area (Å²) in [5, 5.41) is 3.15. The number of hydrogen-bond acceptors (Lipinski definition) is 3. The number of rotatable bonds is 7. The van der Waals surface area contributed by atoms with E-state index in [1.807, 2.05) is 30.3 Å². The van der Waals surface area contributed by atoms with Gasteiger partial charge in [0.15, 0.2) is 0 Å². The van der Waals surface area contributed by atoms with Gasteiger partial charge in [0.2, 0.25) is 0 Å². The lowest BCUT2D eigenvalue weighted by molar-refractivity contribution is 0.0931. The second-order valence-corrected chi connectivity index (χ2v) is 8.40. The highest BCUT2D eigenvalue weighted by atomic mass is 19.1. The van der Waals surface area contributed by atoms with E-state index in [4.69, 9.17) is 0 Å². The molecule has 1 heterocycles. The van der Waals surface area contributed by atoms with Crippen LogP contribution in [0.25, 0.3) is 0 Å². The second-order valence-electron chi connectivity index (χ2n) is 8.40. The number of anilines is 1. The molecule has 0 bridgehead atoms. The van der Waals surface area contributed by atoms with Crippen LogP contribution in [0.3, 0.4) is 0 Å². The molecule has 1 saturated heterocycles. The molecule has 1 atom stereocenters. The van der Waals surface area contributed by atoms with Crippen molar-refractivity contribution in [2.24, 2.45) is 0 Å². The number of nitrogens with one attached hydrogen (secondary N) is 1. The number of benzene rings is 3. The molecule has 1 amide bonds. The van der Waals surface area contributed by atoms with E-state index in [0.717, 1.165) is 44.7 Å². The standard InChI is InChI=1S/C27H30FN3O/c1-21-7-13-25(14-8-21)31-19-17-30(18-20-31)16-15-26(22-5-3-2-4-6-22)29-27(32)23-9-11-24(28)12-10-23/h2-14,26H,15-20H2,1H3,(H,29,32). The Kier molecular flexibility index (Phi) is 7.17. The van der Waals surface area contributed by atoms with E-state index in [-0.39, 0.29) is 17.8 Å². The molecule has 4 rings (SSSR count). The summed E-state index contributed by atoms with van der Waals surface area (Å²) in [6.45, 7) is 7.02. The molecule has 0 spiro atoms. The summed E-state index contributed by atoms with van der Waals surface area (Å²) in [6, 6.07) is 24.4. The van der Waals surface area contributed by atoms with Crippen LogP contribution < -0.4 is 10.2 Å². The molecule has 4 nitrogen and oxygen atoms in total. The minimum atomic E-state index is -0.342. The van der Waals surface area contributed by atoms with Gasteiger partial charge in [0.05, 0.1) is 6.04 Å². The van der Waals surface area contributed by atoms with Crippen molar-refractivity contribution in [1.29, 1.82) is 0 Å². The summed E-state index contributed by atoms with van der Waals surface area (Å²) in [6.07, 6.45) is 0.821. The molecule has 1 unspecified atom stereocenters. The number of hydrogen-bond donors (Lipinski definition) is 1. The molecule has 0 aromatic heterocycles. The maximum Gasteiger partial charge on any atom is 0.251 e. The molecule has 1 fully saturated rings. The molecule has 1 aliphatic heterocycles. The van der Waals surface area contributed by atoms with E-state index in [2.05, 4.69) is 46.3 Å². The zero-order valence-electron chi connectivity index (χ0n) is 18.5. The fourth-order valence-electron chi connectivity index (χ4n) is 4.15. The van der Waals surface area contributed by atoms with Crippen LogP contribution in [0.2, 0.25) is 0 Å². The van der Waals surface area contributed by atoms with Gasteiger partial charge in [0.25, 0.3) is 5.91 Å². The number of amides is 1. The molecule has 166 valence electrons. The maximum atomic E-state index is 13.2. The monoisotopic (exact) mass is 431 g/mol. The summed E-state index contributed by atoms with van der Waals surface area (Å²) in [5.74, 6) is -0.519. The van der Waals surface area contributed by atoms with Crippen LogP contribution in [-0.2, 0) is 0 Å². The Bertz CT molecular complexity index is 997. The highest BCUT2D eigenvalue weighted by Crippen LogP contribution is 2.21. The third kappa shape index (κ3) is 5.74. The predicted octanol–water partition coefficient (Wildman–Crippen LogP) is 4.82. The Balaban J connectivity index is 1.35. The third-order valence-corrected chi connectivity index (χ3v) is 6.12. The van der Waals surface area contributed by atoms with Crippen LogP contribution in [0.15, 0.2) is 78.9 Å². The average Bonchev–Trinajstić information content (AvgIpc) is 2.83. The van der Waals surface area contributed by atoms with Crippen LogP contribution in [-0.4, -0.2) is 43.5 Å². The Labute approximate surface area is 189 Å². The van der Waals surface area contributed by atoms with Crippen molar-refractivity contribution >= 4 is 11.6 Å². The van der Waals surface area contributed by atoms with Gasteiger partial charge in [-0.3, -0.25) is 9.69 Å². The Morgan fingerprint density at radius 1 is 0.906 bits per heavy atom. The number of piperazine rings is 1. The van der Waals surface area contributed by atoms with Crippen molar-refractivity contribution < 1.29 is 9.18 Å². The first-order valence-electron chi connectivity index (χ1n) is 11.2. The molecule has 1 aliphatic rings. The largest absolute Gasteiger partial charge is 0.369 e. The van der Waals surface area contributed by atoms with Crippen LogP contribution in [0.1, 0.15) is 33.9 Å². The zero-order valence-corrected chi connectivity index (χ0v) is 18.5. The van der Waals surface area contributed by atoms with Crippen molar-refractivity contribution in [3.8, 4) is 0 Å². The van der Waals surface area contributed by atoms with Gasteiger partial charge in [-0.25, -0.2) is 4.39 Å². The van der Waals surface area contributed by atoms with Crippen LogP contribution in [0, 0.1) is 12.7 Å². The average molecular weight is 432 g/mol. The minimum Gasteiger partial charge on any atom is -0.369 e. The van der Waals surface area contributed by atoms with E-state index >= 15 is 0 Å². The van der Waals surface area contributed by atoms with Gasteiger partial charge < -0.3 is 10.2 Å². The first-order chi connectivity index (χ1) is 15.6. The van der Waals surface area contributed by atoms with Crippen LogP contribution in [0.4, 0.5) is 10.1 Å². The quantitative estimate of drug-likeness (QED) is 0.583. The lowest BCUT2D eigenvalue weighted by Gasteiger charge is -2.36. The first-order valence-corrected chi connectivity index (χ1v) is 11.2. The Morgan fingerprint density at radius 3 is 2.22 bits per heavy atom. The minimum absolute atomic E-state index is 0.0936. The van der Waals surface area contributed by atoms with Crippen molar-refractivity contribution in [3.63, 3.8) is 0 Å². The topological polar surface area (TPSA) is 35.6 Å². The van der Waals surface area contributed by atoms with Crippen molar-refractivity contribution in [2.75, 3.05) is 37.6 Å². The van der Waals surface area contributed by atoms with Gasteiger partial charge in [-0.2, -0.15) is 0 Å². The van der Waals surface area contributed by atoms with Gasteiger partial charge in [0, 0.05) is 44.0 Å². The zero-order chi connectivity index (χ0) is 22.3. The highest BCUT2D eigenvalue weighted by molar-refractivity contribution is 5.94. The number of aryl methyl sites for hydroxylation is 1. The number of halogens is 1. The third-order valence-electron chi connectivity index (χ3n) is 6.12. The van der Waals surface area contributed by atoms with Gasteiger partial charge >= 0.3 is 0 Å². The van der Waals surface area contributed by atoms with Gasteiger partial charge in [0.1, 0.15) is 5.82 Å². The Morgan fingerprint density at radius 2 is 1.56 bits per heavy atom. The summed E-state index contributed by atoms with van der Waals surface area (Å²) < 4.78 is 13.2. The predicted molar refractivity (Wildman–Crippen MR) is 127 cm³/mol. The summed E-state index contributed by atoms with van der Waals surface area (Å²) in [5.41, 5.74) is 4.12. The fourth-order valence-corrected chi connectivity index (χ4v) is 4.15. The second kappa shape index (κ2) is 10.4. The fraction of sp³-hybridized carbons (Fsp3) is 0.296. The molecular formula is C27H30FN3O. The van der Waals surface area contributed by atoms with Gasteiger partial charge in [-0.1, -0.05) is 48.0 Å². The molecule has 5 heteroatoms. The van der Waals surface area contributed by atoms with Gasteiger partial charge in [-0.05, 0) is 55.3 Å².